The SMILES string of the molecule is CCC(CC)(CNCc1nc(-c2ccc(OC(F)F)c(OC)c2)no1)C(=O)OC. The van der Waals surface area contributed by atoms with Gasteiger partial charge in [0.05, 0.1) is 26.2 Å². The summed E-state index contributed by atoms with van der Waals surface area (Å²) < 4.78 is 44.5. The largest absolute Gasteiger partial charge is 0.493 e. The lowest BCUT2D eigenvalue weighted by Gasteiger charge is -2.28. The van der Waals surface area contributed by atoms with Crippen molar-refractivity contribution in [2.75, 3.05) is 20.8 Å². The normalized spacial score (nSPS) is 11.6. The van der Waals surface area contributed by atoms with E-state index in [1.54, 1.807) is 0 Å². The van der Waals surface area contributed by atoms with Crippen LogP contribution in [0.1, 0.15) is 32.6 Å². The smallest absolute Gasteiger partial charge is 0.387 e. The molecule has 0 unspecified atom stereocenters. The molecule has 1 N–H and O–H groups in total. The van der Waals surface area contributed by atoms with E-state index in [0.717, 1.165) is 0 Å². The van der Waals surface area contributed by atoms with E-state index in [4.69, 9.17) is 14.0 Å². The van der Waals surface area contributed by atoms with Crippen molar-refractivity contribution in [1.82, 2.24) is 15.5 Å². The maximum absolute atomic E-state index is 12.4. The number of nitrogens with zero attached hydrogens (tertiary/aromatic N) is 2. The molecule has 1 heterocycles. The van der Waals surface area contributed by atoms with Crippen LogP contribution in [-0.4, -0.2) is 43.5 Å². The number of benzene rings is 1. The van der Waals surface area contributed by atoms with Gasteiger partial charge in [0.1, 0.15) is 0 Å². The molecule has 0 saturated heterocycles. The molecule has 0 spiro atoms. The Hall–Kier alpha value is -2.75. The topological polar surface area (TPSA) is 95.7 Å². The van der Waals surface area contributed by atoms with Crippen LogP contribution in [0.25, 0.3) is 11.4 Å². The Morgan fingerprint density at radius 2 is 1.97 bits per heavy atom. The van der Waals surface area contributed by atoms with E-state index in [1.807, 2.05) is 13.8 Å². The number of esters is 1. The van der Waals surface area contributed by atoms with Crippen LogP contribution in [0.5, 0.6) is 11.5 Å². The van der Waals surface area contributed by atoms with Crippen molar-refractivity contribution in [2.45, 2.75) is 39.8 Å². The third-order valence-electron chi connectivity index (χ3n) is 4.82. The Morgan fingerprint density at radius 3 is 2.55 bits per heavy atom. The van der Waals surface area contributed by atoms with Crippen LogP contribution in [0.2, 0.25) is 0 Å². The van der Waals surface area contributed by atoms with Gasteiger partial charge in [-0.25, -0.2) is 0 Å². The fourth-order valence-electron chi connectivity index (χ4n) is 2.93. The van der Waals surface area contributed by atoms with E-state index in [1.165, 1.54) is 32.4 Å². The number of methoxy groups -OCH3 is 2. The van der Waals surface area contributed by atoms with Gasteiger partial charge in [0.2, 0.25) is 11.7 Å². The monoisotopic (exact) mass is 413 g/mol. The predicted octanol–water partition coefficient (Wildman–Crippen LogP) is 3.42. The Kier molecular flexibility index (Phi) is 7.89. The van der Waals surface area contributed by atoms with Crippen molar-refractivity contribution in [2.24, 2.45) is 5.41 Å². The first-order chi connectivity index (χ1) is 13.9. The van der Waals surface area contributed by atoms with Gasteiger partial charge in [-0.2, -0.15) is 13.8 Å². The quantitative estimate of drug-likeness (QED) is 0.560. The van der Waals surface area contributed by atoms with Crippen LogP contribution < -0.4 is 14.8 Å². The second-order valence-electron chi connectivity index (χ2n) is 6.34. The number of rotatable bonds is 11. The number of nitrogens with one attached hydrogen (secondary N) is 1. The van der Waals surface area contributed by atoms with E-state index < -0.39 is 12.0 Å². The molecule has 0 amide bonds. The summed E-state index contributed by atoms with van der Waals surface area (Å²) in [7, 11) is 2.72. The summed E-state index contributed by atoms with van der Waals surface area (Å²) >= 11 is 0. The second-order valence-corrected chi connectivity index (χ2v) is 6.34. The Balaban J connectivity index is 2.06. The zero-order valence-electron chi connectivity index (χ0n) is 16.8. The molecule has 160 valence electrons. The minimum Gasteiger partial charge on any atom is -0.493 e. The van der Waals surface area contributed by atoms with Crippen LogP contribution in [0.4, 0.5) is 8.78 Å². The van der Waals surface area contributed by atoms with Gasteiger partial charge >= 0.3 is 12.6 Å². The van der Waals surface area contributed by atoms with Crippen molar-refractivity contribution in [1.29, 1.82) is 0 Å². The highest BCUT2D eigenvalue weighted by Crippen LogP contribution is 2.32. The third kappa shape index (κ3) is 5.41. The zero-order valence-corrected chi connectivity index (χ0v) is 16.8. The summed E-state index contributed by atoms with van der Waals surface area (Å²) in [4.78, 5) is 16.4. The first kappa shape index (κ1) is 22.5. The lowest BCUT2D eigenvalue weighted by atomic mass is 9.82. The number of aromatic nitrogens is 2. The predicted molar refractivity (Wildman–Crippen MR) is 99.7 cm³/mol. The van der Waals surface area contributed by atoms with Crippen molar-refractivity contribution in [3.8, 4) is 22.9 Å². The van der Waals surface area contributed by atoms with Crippen LogP contribution >= 0.6 is 0 Å². The molecule has 0 bridgehead atoms. The number of carbonyl (C=O) groups excluding carboxylic acids is 1. The molecular weight excluding hydrogens is 388 g/mol. The zero-order chi connectivity index (χ0) is 21.4. The summed E-state index contributed by atoms with van der Waals surface area (Å²) in [6, 6.07) is 4.36. The van der Waals surface area contributed by atoms with E-state index in [2.05, 4.69) is 20.2 Å². The van der Waals surface area contributed by atoms with Crippen molar-refractivity contribution >= 4 is 5.97 Å². The fraction of sp³-hybridized carbons (Fsp3) is 0.526. The van der Waals surface area contributed by atoms with E-state index >= 15 is 0 Å². The highest BCUT2D eigenvalue weighted by Gasteiger charge is 2.35. The molecule has 0 saturated carbocycles. The third-order valence-corrected chi connectivity index (χ3v) is 4.82. The average molecular weight is 413 g/mol. The molecule has 0 radical (unpaired) electrons. The molecule has 1 aromatic carbocycles. The maximum Gasteiger partial charge on any atom is 0.387 e. The summed E-state index contributed by atoms with van der Waals surface area (Å²) in [5.41, 5.74) is -0.101. The van der Waals surface area contributed by atoms with E-state index in [0.29, 0.717) is 30.8 Å². The second kappa shape index (κ2) is 10.1. The molecule has 0 atom stereocenters. The molecular formula is C19H25F2N3O5. The average Bonchev–Trinajstić information content (AvgIpc) is 3.19. The number of hydrogen-bond donors (Lipinski definition) is 1. The van der Waals surface area contributed by atoms with Crippen LogP contribution in [0.15, 0.2) is 22.7 Å². The van der Waals surface area contributed by atoms with Crippen molar-refractivity contribution in [3.63, 3.8) is 0 Å². The van der Waals surface area contributed by atoms with Gasteiger partial charge < -0.3 is 24.1 Å². The summed E-state index contributed by atoms with van der Waals surface area (Å²) in [6.45, 7) is 1.57. The van der Waals surface area contributed by atoms with Gasteiger partial charge in [-0.05, 0) is 31.0 Å². The molecule has 29 heavy (non-hydrogen) atoms. The molecule has 0 aliphatic heterocycles. The van der Waals surface area contributed by atoms with Gasteiger partial charge in [-0.1, -0.05) is 19.0 Å². The maximum atomic E-state index is 12.4. The Labute approximate surface area is 167 Å². The Bertz CT molecular complexity index is 809. The van der Waals surface area contributed by atoms with E-state index in [9.17, 15) is 13.6 Å². The number of halogens is 2. The van der Waals surface area contributed by atoms with Gasteiger partial charge in [-0.15, -0.1) is 0 Å². The van der Waals surface area contributed by atoms with Gasteiger partial charge in [0.25, 0.3) is 0 Å². The van der Waals surface area contributed by atoms with Gasteiger partial charge in [0.15, 0.2) is 11.5 Å². The number of ether oxygens (including phenoxy) is 3. The summed E-state index contributed by atoms with van der Waals surface area (Å²) in [6.07, 6.45) is 1.26. The highest BCUT2D eigenvalue weighted by molar-refractivity contribution is 5.76. The van der Waals surface area contributed by atoms with Crippen LogP contribution in [0, 0.1) is 5.41 Å². The first-order valence-corrected chi connectivity index (χ1v) is 9.14. The van der Waals surface area contributed by atoms with Crippen LogP contribution in [0.3, 0.4) is 0 Å². The molecule has 2 rings (SSSR count). The minimum absolute atomic E-state index is 0.0880. The highest BCUT2D eigenvalue weighted by atomic mass is 19.3. The standard InChI is InChI=1S/C19H25F2N3O5/c1-5-19(6-2,17(25)27-4)11-22-10-15-23-16(24-29-15)12-7-8-13(28-18(20)21)14(9-12)26-3/h7-9,18,22H,5-6,10-11H2,1-4H3. The molecule has 0 aliphatic carbocycles. The summed E-state index contributed by atoms with van der Waals surface area (Å²) in [5, 5.41) is 7.05. The number of carbonyl (C=O) groups is 1. The lowest BCUT2D eigenvalue weighted by Crippen LogP contribution is -2.40. The molecule has 2 aromatic rings. The minimum atomic E-state index is -2.96. The summed E-state index contributed by atoms with van der Waals surface area (Å²) in [5.74, 6) is 0.363. The lowest BCUT2D eigenvalue weighted by molar-refractivity contribution is -0.153. The fourth-order valence-corrected chi connectivity index (χ4v) is 2.93. The van der Waals surface area contributed by atoms with Gasteiger partial charge in [0, 0.05) is 12.1 Å². The molecule has 8 nitrogen and oxygen atoms in total. The van der Waals surface area contributed by atoms with Crippen molar-refractivity contribution < 1.29 is 32.3 Å². The van der Waals surface area contributed by atoms with E-state index in [-0.39, 0.29) is 29.8 Å². The van der Waals surface area contributed by atoms with Gasteiger partial charge in [-0.3, -0.25) is 4.79 Å². The van der Waals surface area contributed by atoms with Crippen LogP contribution in [-0.2, 0) is 16.1 Å². The molecule has 0 aliphatic rings. The molecule has 10 heteroatoms. The first-order valence-electron chi connectivity index (χ1n) is 9.14. The Morgan fingerprint density at radius 1 is 1.24 bits per heavy atom. The molecule has 0 fully saturated rings. The molecule has 1 aromatic heterocycles. The number of hydrogen-bond acceptors (Lipinski definition) is 8. The van der Waals surface area contributed by atoms with Crippen molar-refractivity contribution in [3.05, 3.63) is 24.1 Å². The number of alkyl halides is 2.